The van der Waals surface area contributed by atoms with Crippen molar-refractivity contribution >= 4 is 5.91 Å². The molecule has 1 heterocycles. The summed E-state index contributed by atoms with van der Waals surface area (Å²) in [6, 6.07) is 0. The van der Waals surface area contributed by atoms with Crippen molar-refractivity contribution in [1.29, 1.82) is 0 Å². The Morgan fingerprint density at radius 2 is 2.00 bits per heavy atom. The summed E-state index contributed by atoms with van der Waals surface area (Å²) in [5.41, 5.74) is 0. The van der Waals surface area contributed by atoms with Crippen LogP contribution in [0.1, 0.15) is 46.0 Å². The Morgan fingerprint density at radius 3 is 2.67 bits per heavy atom. The Hall–Kier alpha value is -0.610. The molecule has 0 aromatic rings. The third kappa shape index (κ3) is 6.36. The highest BCUT2D eigenvalue weighted by atomic mass is 16.5. The largest absolute Gasteiger partial charge is 0.369 e. The fraction of sp³-hybridized carbons (Fsp3) is 0.929. The molecule has 0 bridgehead atoms. The average molecular weight is 256 g/mol. The molecule has 0 aliphatic carbocycles. The minimum atomic E-state index is 0.136. The van der Waals surface area contributed by atoms with Crippen molar-refractivity contribution in [3.05, 3.63) is 0 Å². The van der Waals surface area contributed by atoms with Gasteiger partial charge in [-0.1, -0.05) is 32.6 Å². The normalized spacial score (nSPS) is 17.8. The molecule has 1 aliphatic heterocycles. The van der Waals surface area contributed by atoms with Crippen LogP contribution < -0.4 is 5.32 Å². The van der Waals surface area contributed by atoms with E-state index in [2.05, 4.69) is 19.2 Å². The Balaban J connectivity index is 2.05. The predicted molar refractivity (Wildman–Crippen MR) is 73.6 cm³/mol. The number of hydrogen-bond acceptors (Lipinski definition) is 3. The SMILES string of the molecule is CCCCCCC(C)OCC(=O)N1CCNCC1. The molecule has 4 heteroatoms. The van der Waals surface area contributed by atoms with Crippen molar-refractivity contribution in [3.63, 3.8) is 0 Å². The fourth-order valence-electron chi connectivity index (χ4n) is 2.16. The number of piperazine rings is 1. The molecule has 1 aliphatic rings. The molecule has 106 valence electrons. The van der Waals surface area contributed by atoms with Gasteiger partial charge in [0.05, 0.1) is 6.10 Å². The minimum absolute atomic E-state index is 0.136. The van der Waals surface area contributed by atoms with E-state index in [0.29, 0.717) is 0 Å². The van der Waals surface area contributed by atoms with Gasteiger partial charge in [-0.05, 0) is 13.3 Å². The highest BCUT2D eigenvalue weighted by molar-refractivity contribution is 5.77. The molecular formula is C14H28N2O2. The van der Waals surface area contributed by atoms with Crippen LogP contribution in [0.3, 0.4) is 0 Å². The molecule has 0 aromatic carbocycles. The van der Waals surface area contributed by atoms with Gasteiger partial charge in [-0.2, -0.15) is 0 Å². The number of carbonyl (C=O) groups excluding carboxylic acids is 1. The third-order valence-electron chi connectivity index (χ3n) is 3.43. The Bertz CT molecular complexity index is 228. The Morgan fingerprint density at radius 1 is 1.28 bits per heavy atom. The first-order valence-electron chi connectivity index (χ1n) is 7.34. The van der Waals surface area contributed by atoms with Crippen LogP contribution in [-0.4, -0.2) is 49.7 Å². The summed E-state index contributed by atoms with van der Waals surface area (Å²) in [6.45, 7) is 7.95. The van der Waals surface area contributed by atoms with Crippen LogP contribution in [0.2, 0.25) is 0 Å². The number of unbranched alkanes of at least 4 members (excludes halogenated alkanes) is 3. The monoisotopic (exact) mass is 256 g/mol. The van der Waals surface area contributed by atoms with E-state index in [4.69, 9.17) is 4.74 Å². The quantitative estimate of drug-likeness (QED) is 0.673. The van der Waals surface area contributed by atoms with E-state index in [1.165, 1.54) is 25.7 Å². The number of carbonyl (C=O) groups is 1. The van der Waals surface area contributed by atoms with E-state index in [-0.39, 0.29) is 18.6 Å². The van der Waals surface area contributed by atoms with Crippen LogP contribution in [0.15, 0.2) is 0 Å². The molecule has 1 amide bonds. The molecule has 0 radical (unpaired) electrons. The summed E-state index contributed by atoms with van der Waals surface area (Å²) in [6.07, 6.45) is 6.30. The second-order valence-corrected chi connectivity index (χ2v) is 5.10. The summed E-state index contributed by atoms with van der Waals surface area (Å²) in [5, 5.41) is 3.24. The maximum atomic E-state index is 11.9. The van der Waals surface area contributed by atoms with Crippen LogP contribution in [-0.2, 0) is 9.53 Å². The molecule has 1 atom stereocenters. The first-order valence-corrected chi connectivity index (χ1v) is 7.34. The van der Waals surface area contributed by atoms with Gasteiger partial charge in [0.1, 0.15) is 6.61 Å². The van der Waals surface area contributed by atoms with Crippen LogP contribution in [0.5, 0.6) is 0 Å². The number of amides is 1. The van der Waals surface area contributed by atoms with E-state index >= 15 is 0 Å². The topological polar surface area (TPSA) is 41.6 Å². The van der Waals surface area contributed by atoms with Crippen molar-refractivity contribution in [2.45, 2.75) is 52.1 Å². The zero-order valence-corrected chi connectivity index (χ0v) is 11.9. The lowest BCUT2D eigenvalue weighted by atomic mass is 10.1. The van der Waals surface area contributed by atoms with Gasteiger partial charge in [-0.3, -0.25) is 4.79 Å². The zero-order chi connectivity index (χ0) is 13.2. The summed E-state index contributed by atoms with van der Waals surface area (Å²) >= 11 is 0. The highest BCUT2D eigenvalue weighted by Crippen LogP contribution is 2.08. The maximum Gasteiger partial charge on any atom is 0.248 e. The van der Waals surface area contributed by atoms with E-state index in [9.17, 15) is 4.79 Å². The van der Waals surface area contributed by atoms with Crippen molar-refractivity contribution in [1.82, 2.24) is 10.2 Å². The van der Waals surface area contributed by atoms with E-state index in [1.54, 1.807) is 0 Å². The first kappa shape index (κ1) is 15.4. The second-order valence-electron chi connectivity index (χ2n) is 5.10. The van der Waals surface area contributed by atoms with Gasteiger partial charge in [0.15, 0.2) is 0 Å². The first-order chi connectivity index (χ1) is 8.74. The highest BCUT2D eigenvalue weighted by Gasteiger charge is 2.16. The van der Waals surface area contributed by atoms with Gasteiger partial charge in [0.25, 0.3) is 0 Å². The molecule has 1 fully saturated rings. The van der Waals surface area contributed by atoms with Crippen LogP contribution >= 0.6 is 0 Å². The molecule has 1 saturated heterocycles. The van der Waals surface area contributed by atoms with Gasteiger partial charge in [0, 0.05) is 26.2 Å². The molecule has 4 nitrogen and oxygen atoms in total. The Labute approximate surface area is 111 Å². The Kier molecular flexibility index (Phi) is 8.01. The van der Waals surface area contributed by atoms with Crippen molar-refractivity contribution < 1.29 is 9.53 Å². The summed E-state index contributed by atoms with van der Waals surface area (Å²) in [5.74, 6) is 0.136. The van der Waals surface area contributed by atoms with E-state index in [0.717, 1.165) is 32.6 Å². The smallest absolute Gasteiger partial charge is 0.248 e. The van der Waals surface area contributed by atoms with E-state index < -0.39 is 0 Å². The molecule has 0 spiro atoms. The number of nitrogens with zero attached hydrogens (tertiary/aromatic N) is 1. The molecule has 1 rings (SSSR count). The lowest BCUT2D eigenvalue weighted by Crippen LogP contribution is -2.47. The number of rotatable bonds is 8. The number of nitrogens with one attached hydrogen (secondary N) is 1. The van der Waals surface area contributed by atoms with Gasteiger partial charge in [-0.15, -0.1) is 0 Å². The van der Waals surface area contributed by atoms with E-state index in [1.807, 2.05) is 4.90 Å². The molecule has 0 aromatic heterocycles. The summed E-state index contributed by atoms with van der Waals surface area (Å²) in [4.78, 5) is 13.7. The average Bonchev–Trinajstić information content (AvgIpc) is 2.42. The third-order valence-corrected chi connectivity index (χ3v) is 3.43. The van der Waals surface area contributed by atoms with Crippen LogP contribution in [0, 0.1) is 0 Å². The number of hydrogen-bond donors (Lipinski definition) is 1. The predicted octanol–water partition coefficient (Wildman–Crippen LogP) is 1.79. The molecule has 18 heavy (non-hydrogen) atoms. The minimum Gasteiger partial charge on any atom is -0.369 e. The lowest BCUT2D eigenvalue weighted by molar-refractivity contribution is -0.138. The summed E-state index contributed by atoms with van der Waals surface area (Å²) < 4.78 is 5.63. The lowest BCUT2D eigenvalue weighted by Gasteiger charge is -2.27. The van der Waals surface area contributed by atoms with Gasteiger partial charge < -0.3 is 15.0 Å². The van der Waals surface area contributed by atoms with Crippen molar-refractivity contribution in [2.24, 2.45) is 0 Å². The van der Waals surface area contributed by atoms with Crippen molar-refractivity contribution in [3.8, 4) is 0 Å². The van der Waals surface area contributed by atoms with Gasteiger partial charge in [-0.25, -0.2) is 0 Å². The fourth-order valence-corrected chi connectivity index (χ4v) is 2.16. The molecule has 1 N–H and O–H groups in total. The molecule has 1 unspecified atom stereocenters. The maximum absolute atomic E-state index is 11.9. The summed E-state index contributed by atoms with van der Waals surface area (Å²) in [7, 11) is 0. The second kappa shape index (κ2) is 9.34. The standard InChI is InChI=1S/C14H28N2O2/c1-3-4-5-6-7-13(2)18-12-14(17)16-10-8-15-9-11-16/h13,15H,3-12H2,1-2H3. The van der Waals surface area contributed by atoms with Crippen LogP contribution in [0.4, 0.5) is 0 Å². The zero-order valence-electron chi connectivity index (χ0n) is 11.9. The van der Waals surface area contributed by atoms with Crippen molar-refractivity contribution in [2.75, 3.05) is 32.8 Å². The molecular weight excluding hydrogens is 228 g/mol. The van der Waals surface area contributed by atoms with Gasteiger partial charge in [0.2, 0.25) is 5.91 Å². The number of ether oxygens (including phenoxy) is 1. The molecule has 0 saturated carbocycles. The van der Waals surface area contributed by atoms with Crippen LogP contribution in [0.25, 0.3) is 0 Å². The van der Waals surface area contributed by atoms with Gasteiger partial charge >= 0.3 is 0 Å².